The highest BCUT2D eigenvalue weighted by Gasteiger charge is 2.15. The van der Waals surface area contributed by atoms with Gasteiger partial charge in [0.05, 0.1) is 5.56 Å². The fourth-order valence-corrected chi connectivity index (χ4v) is 2.11. The first-order valence-electron chi connectivity index (χ1n) is 5.67. The zero-order valence-electron chi connectivity index (χ0n) is 9.45. The number of halogens is 1. The number of benzene rings is 1. The highest BCUT2D eigenvalue weighted by atomic mass is 35.5. The van der Waals surface area contributed by atoms with Gasteiger partial charge in [-0.1, -0.05) is 23.8 Å². The highest BCUT2D eigenvalue weighted by Crippen LogP contribution is 2.19. The Bertz CT molecular complexity index is 457. The van der Waals surface area contributed by atoms with Crippen LogP contribution in [0.2, 0.25) is 5.02 Å². The van der Waals surface area contributed by atoms with Crippen LogP contribution in [0.1, 0.15) is 29.6 Å². The Hall–Kier alpha value is -1.48. The average Bonchev–Trinajstić information content (AvgIpc) is 2.30. The fraction of sp³-hybridized carbons (Fsp3) is 0.308. The molecule has 0 saturated heterocycles. The van der Waals surface area contributed by atoms with Crippen LogP contribution in [0.25, 0.3) is 0 Å². The van der Waals surface area contributed by atoms with Gasteiger partial charge in [0.2, 0.25) is 0 Å². The highest BCUT2D eigenvalue weighted by molar-refractivity contribution is 6.31. The Morgan fingerprint density at radius 1 is 1.41 bits per heavy atom. The first-order chi connectivity index (χ1) is 8.16. The maximum Gasteiger partial charge on any atom is 0.253 e. The van der Waals surface area contributed by atoms with Crippen molar-refractivity contribution in [1.29, 1.82) is 0 Å². The van der Waals surface area contributed by atoms with Crippen molar-refractivity contribution in [3.63, 3.8) is 0 Å². The molecule has 0 heterocycles. The largest absolute Gasteiger partial charge is 0.398 e. The minimum Gasteiger partial charge on any atom is -0.398 e. The van der Waals surface area contributed by atoms with Gasteiger partial charge in [-0.25, -0.2) is 0 Å². The summed E-state index contributed by atoms with van der Waals surface area (Å²) in [6.07, 6.45) is 7.12. The second kappa shape index (κ2) is 5.23. The Morgan fingerprint density at radius 2 is 2.24 bits per heavy atom. The minimum absolute atomic E-state index is 0.125. The van der Waals surface area contributed by atoms with E-state index in [9.17, 15) is 4.79 Å². The number of anilines is 1. The molecule has 1 unspecified atom stereocenters. The van der Waals surface area contributed by atoms with E-state index in [-0.39, 0.29) is 11.9 Å². The Labute approximate surface area is 106 Å². The molecule has 3 nitrogen and oxygen atoms in total. The molecule has 4 heteroatoms. The summed E-state index contributed by atoms with van der Waals surface area (Å²) >= 11 is 5.79. The maximum atomic E-state index is 12.0. The van der Waals surface area contributed by atoms with Gasteiger partial charge in [0.15, 0.2) is 0 Å². The van der Waals surface area contributed by atoms with Gasteiger partial charge in [-0.15, -0.1) is 0 Å². The molecule has 0 aliphatic heterocycles. The molecule has 3 N–H and O–H groups in total. The van der Waals surface area contributed by atoms with Gasteiger partial charge in [0.1, 0.15) is 0 Å². The van der Waals surface area contributed by atoms with Gasteiger partial charge < -0.3 is 11.1 Å². The smallest absolute Gasteiger partial charge is 0.253 e. The molecule has 2 rings (SSSR count). The third-order valence-electron chi connectivity index (χ3n) is 2.86. The standard InChI is InChI=1S/C13H15ClN2O/c14-9-6-7-11(12(15)8-9)13(17)16-10-4-2-1-3-5-10/h1-2,6-8,10H,3-5,15H2,(H,16,17). The van der Waals surface area contributed by atoms with Gasteiger partial charge in [-0.2, -0.15) is 0 Å². The third-order valence-corrected chi connectivity index (χ3v) is 3.10. The second-order valence-corrected chi connectivity index (χ2v) is 4.62. The van der Waals surface area contributed by atoms with Crippen molar-refractivity contribution >= 4 is 23.2 Å². The molecule has 17 heavy (non-hydrogen) atoms. The molecule has 0 fully saturated rings. The van der Waals surface area contributed by atoms with E-state index in [4.69, 9.17) is 17.3 Å². The van der Waals surface area contributed by atoms with E-state index in [2.05, 4.69) is 17.5 Å². The number of hydrogen-bond acceptors (Lipinski definition) is 2. The minimum atomic E-state index is -0.125. The summed E-state index contributed by atoms with van der Waals surface area (Å²) in [4.78, 5) is 12.0. The van der Waals surface area contributed by atoms with E-state index in [0.29, 0.717) is 16.3 Å². The zero-order chi connectivity index (χ0) is 12.3. The van der Waals surface area contributed by atoms with Gasteiger partial charge in [0, 0.05) is 16.8 Å². The molecule has 90 valence electrons. The lowest BCUT2D eigenvalue weighted by molar-refractivity contribution is 0.0935. The summed E-state index contributed by atoms with van der Waals surface area (Å²) in [6, 6.07) is 5.14. The van der Waals surface area contributed by atoms with Gasteiger partial charge in [-0.05, 0) is 37.5 Å². The van der Waals surface area contributed by atoms with Crippen molar-refractivity contribution in [1.82, 2.24) is 5.32 Å². The molecule has 1 aromatic carbocycles. The SMILES string of the molecule is Nc1cc(Cl)ccc1C(=O)NC1CC=CCC1. The van der Waals surface area contributed by atoms with Crippen molar-refractivity contribution in [2.24, 2.45) is 0 Å². The van der Waals surface area contributed by atoms with Crippen molar-refractivity contribution in [3.8, 4) is 0 Å². The molecular weight excluding hydrogens is 236 g/mol. The number of hydrogen-bond donors (Lipinski definition) is 2. The summed E-state index contributed by atoms with van der Waals surface area (Å²) < 4.78 is 0. The second-order valence-electron chi connectivity index (χ2n) is 4.19. The number of carbonyl (C=O) groups is 1. The van der Waals surface area contributed by atoms with E-state index >= 15 is 0 Å². The molecule has 0 radical (unpaired) electrons. The van der Waals surface area contributed by atoms with Crippen LogP contribution in [0, 0.1) is 0 Å². The number of rotatable bonds is 2. The lowest BCUT2D eigenvalue weighted by atomic mass is 10.0. The zero-order valence-corrected chi connectivity index (χ0v) is 10.2. The summed E-state index contributed by atoms with van der Waals surface area (Å²) in [6.45, 7) is 0. The summed E-state index contributed by atoms with van der Waals surface area (Å²) in [5, 5.41) is 3.52. The summed E-state index contributed by atoms with van der Waals surface area (Å²) in [5.41, 5.74) is 6.68. The predicted molar refractivity (Wildman–Crippen MR) is 70.1 cm³/mol. The lowest BCUT2D eigenvalue weighted by Gasteiger charge is -2.19. The summed E-state index contributed by atoms with van der Waals surface area (Å²) in [5.74, 6) is -0.125. The number of nitrogens with one attached hydrogen (secondary N) is 1. The molecule has 0 bridgehead atoms. The van der Waals surface area contributed by atoms with Gasteiger partial charge >= 0.3 is 0 Å². The van der Waals surface area contributed by atoms with Crippen molar-refractivity contribution in [2.75, 3.05) is 5.73 Å². The monoisotopic (exact) mass is 250 g/mol. The molecular formula is C13H15ClN2O. The van der Waals surface area contributed by atoms with Crippen LogP contribution in [0.3, 0.4) is 0 Å². The fourth-order valence-electron chi connectivity index (χ4n) is 1.93. The van der Waals surface area contributed by atoms with Crippen LogP contribution < -0.4 is 11.1 Å². The van der Waals surface area contributed by atoms with Crippen LogP contribution in [0.15, 0.2) is 30.4 Å². The van der Waals surface area contributed by atoms with Crippen LogP contribution in [0.4, 0.5) is 5.69 Å². The Balaban J connectivity index is 2.06. The van der Waals surface area contributed by atoms with E-state index in [1.54, 1.807) is 18.2 Å². The van der Waals surface area contributed by atoms with Crippen LogP contribution in [-0.2, 0) is 0 Å². The van der Waals surface area contributed by atoms with Crippen LogP contribution in [-0.4, -0.2) is 11.9 Å². The van der Waals surface area contributed by atoms with Crippen molar-refractivity contribution in [2.45, 2.75) is 25.3 Å². The molecule has 1 aromatic rings. The molecule has 1 atom stereocenters. The molecule has 0 spiro atoms. The van der Waals surface area contributed by atoms with Crippen LogP contribution in [0.5, 0.6) is 0 Å². The van der Waals surface area contributed by atoms with E-state index in [1.165, 1.54) is 0 Å². The number of amides is 1. The number of carbonyl (C=O) groups excluding carboxylic acids is 1. The lowest BCUT2D eigenvalue weighted by Crippen LogP contribution is -2.35. The van der Waals surface area contributed by atoms with Crippen molar-refractivity contribution < 1.29 is 4.79 Å². The molecule has 1 amide bonds. The predicted octanol–water partition coefficient (Wildman–Crippen LogP) is 2.76. The molecule has 0 saturated carbocycles. The first-order valence-corrected chi connectivity index (χ1v) is 6.05. The van der Waals surface area contributed by atoms with E-state index in [0.717, 1.165) is 19.3 Å². The number of nitrogens with two attached hydrogens (primary N) is 1. The average molecular weight is 251 g/mol. The van der Waals surface area contributed by atoms with E-state index < -0.39 is 0 Å². The van der Waals surface area contributed by atoms with Gasteiger partial charge in [0.25, 0.3) is 5.91 Å². The first kappa shape index (κ1) is 12.0. The van der Waals surface area contributed by atoms with Gasteiger partial charge in [-0.3, -0.25) is 4.79 Å². The van der Waals surface area contributed by atoms with Crippen molar-refractivity contribution in [3.05, 3.63) is 40.9 Å². The van der Waals surface area contributed by atoms with E-state index in [1.807, 2.05) is 0 Å². The Kier molecular flexibility index (Phi) is 3.69. The number of nitrogen functional groups attached to an aromatic ring is 1. The maximum absolute atomic E-state index is 12.0. The topological polar surface area (TPSA) is 55.1 Å². The molecule has 1 aliphatic rings. The quantitative estimate of drug-likeness (QED) is 0.626. The molecule has 0 aromatic heterocycles. The summed E-state index contributed by atoms with van der Waals surface area (Å²) in [7, 11) is 0. The normalized spacial score (nSPS) is 19.0. The van der Waals surface area contributed by atoms with Crippen LogP contribution >= 0.6 is 11.6 Å². The molecule has 1 aliphatic carbocycles. The Morgan fingerprint density at radius 3 is 2.88 bits per heavy atom. The number of allylic oxidation sites excluding steroid dienone is 1. The third kappa shape index (κ3) is 3.01.